The Bertz CT molecular complexity index is 531. The highest BCUT2D eigenvalue weighted by Crippen LogP contribution is 2.26. The number of hydrogen-bond donors (Lipinski definition) is 4. The molecule has 0 amide bonds. The summed E-state index contributed by atoms with van der Waals surface area (Å²) in [6.07, 6.45) is 0. The van der Waals surface area contributed by atoms with E-state index < -0.39 is 0 Å². The first-order valence-electron chi connectivity index (χ1n) is 5.10. The van der Waals surface area contributed by atoms with Crippen molar-refractivity contribution >= 4 is 21.6 Å². The van der Waals surface area contributed by atoms with Crippen LogP contribution in [0.5, 0.6) is 17.2 Å². The minimum absolute atomic E-state index is 0.00752. The van der Waals surface area contributed by atoms with E-state index in [2.05, 4.69) is 26.9 Å². The second-order valence-corrected chi connectivity index (χ2v) is 4.40. The van der Waals surface area contributed by atoms with Crippen molar-refractivity contribution in [1.29, 1.82) is 0 Å². The number of phenols is 2. The Kier molecular flexibility index (Phi) is 3.91. The molecular weight excluding hydrogens is 300 g/mol. The molecule has 0 unspecified atom stereocenters. The fraction of sp³-hybridized carbons (Fsp3) is 0. The third kappa shape index (κ3) is 3.28. The Morgan fingerprint density at radius 3 is 2.39 bits per heavy atom. The molecule has 2 aromatic rings. The van der Waals surface area contributed by atoms with Crippen molar-refractivity contribution in [3.05, 3.63) is 46.9 Å². The molecule has 2 rings (SSSR count). The number of rotatable bonds is 4. The van der Waals surface area contributed by atoms with Gasteiger partial charge in [0.15, 0.2) is 0 Å². The number of nitrogens with one attached hydrogen (secondary N) is 2. The molecule has 0 fully saturated rings. The lowest BCUT2D eigenvalue weighted by molar-refractivity contribution is 0.221. The van der Waals surface area contributed by atoms with Crippen LogP contribution in [0.3, 0.4) is 0 Å². The van der Waals surface area contributed by atoms with E-state index in [0.29, 0.717) is 11.4 Å². The number of hydrogen-bond acceptors (Lipinski definition) is 5. The number of anilines is 1. The zero-order chi connectivity index (χ0) is 13.0. The maximum absolute atomic E-state index is 9.50. The normalized spacial score (nSPS) is 10.1. The van der Waals surface area contributed by atoms with Gasteiger partial charge in [0, 0.05) is 10.5 Å². The Balaban J connectivity index is 1.90. The second kappa shape index (κ2) is 5.61. The van der Waals surface area contributed by atoms with E-state index in [1.165, 1.54) is 18.2 Å². The minimum atomic E-state index is -0.0816. The lowest BCUT2D eigenvalue weighted by Crippen LogP contribution is -2.25. The van der Waals surface area contributed by atoms with Crippen LogP contribution in [0, 0.1) is 0 Å². The van der Waals surface area contributed by atoms with E-state index in [4.69, 9.17) is 9.94 Å². The molecule has 0 radical (unpaired) electrons. The monoisotopic (exact) mass is 310 g/mol. The van der Waals surface area contributed by atoms with Gasteiger partial charge in [-0.3, -0.25) is 5.43 Å². The first-order valence-corrected chi connectivity index (χ1v) is 5.90. The summed E-state index contributed by atoms with van der Waals surface area (Å²) in [4.78, 5) is 5.19. The van der Waals surface area contributed by atoms with Crippen LogP contribution in [-0.2, 0) is 0 Å². The van der Waals surface area contributed by atoms with Gasteiger partial charge < -0.3 is 15.1 Å². The van der Waals surface area contributed by atoms with Gasteiger partial charge in [0.2, 0.25) is 0 Å². The van der Waals surface area contributed by atoms with E-state index in [-0.39, 0.29) is 11.5 Å². The summed E-state index contributed by atoms with van der Waals surface area (Å²) in [5.41, 5.74) is 5.54. The molecule has 4 N–H and O–H groups in total. The standard InChI is InChI=1S/C12H11BrN2O3/c13-8-1-4-10(5-2-8)18-15-14-11-6-3-9(16)7-12(11)17/h1-7,14-17H. The van der Waals surface area contributed by atoms with Crippen molar-refractivity contribution in [3.8, 4) is 17.2 Å². The van der Waals surface area contributed by atoms with Crippen molar-refractivity contribution in [2.75, 3.05) is 5.43 Å². The molecule has 0 bridgehead atoms. The SMILES string of the molecule is Oc1ccc(NNOc2ccc(Br)cc2)c(O)c1. The molecule has 0 heterocycles. The Labute approximate surface area is 112 Å². The maximum atomic E-state index is 9.50. The first kappa shape index (κ1) is 12.5. The molecule has 6 heteroatoms. The summed E-state index contributed by atoms with van der Waals surface area (Å²) < 4.78 is 0.957. The van der Waals surface area contributed by atoms with Crippen molar-refractivity contribution in [3.63, 3.8) is 0 Å². The van der Waals surface area contributed by atoms with E-state index in [1.54, 1.807) is 12.1 Å². The predicted octanol–water partition coefficient (Wildman–Crippen LogP) is 2.77. The van der Waals surface area contributed by atoms with Gasteiger partial charge in [-0.2, -0.15) is 0 Å². The van der Waals surface area contributed by atoms with Gasteiger partial charge >= 0.3 is 0 Å². The molecule has 0 aliphatic carbocycles. The lowest BCUT2D eigenvalue weighted by atomic mass is 10.3. The summed E-state index contributed by atoms with van der Waals surface area (Å²) in [7, 11) is 0. The van der Waals surface area contributed by atoms with Crippen LogP contribution in [0.1, 0.15) is 0 Å². The van der Waals surface area contributed by atoms with Crippen molar-refractivity contribution < 1.29 is 15.1 Å². The van der Waals surface area contributed by atoms with Crippen molar-refractivity contribution in [2.24, 2.45) is 0 Å². The molecule has 0 aliphatic heterocycles. The quantitative estimate of drug-likeness (QED) is 0.397. The third-order valence-electron chi connectivity index (χ3n) is 2.15. The van der Waals surface area contributed by atoms with Crippen molar-refractivity contribution in [1.82, 2.24) is 5.59 Å². The fourth-order valence-electron chi connectivity index (χ4n) is 1.27. The average molecular weight is 311 g/mol. The number of hydrazine groups is 1. The highest BCUT2D eigenvalue weighted by molar-refractivity contribution is 9.10. The van der Waals surface area contributed by atoms with Crippen molar-refractivity contribution in [2.45, 2.75) is 0 Å². The minimum Gasteiger partial charge on any atom is -0.508 e. The van der Waals surface area contributed by atoms with Gasteiger partial charge in [-0.25, -0.2) is 0 Å². The lowest BCUT2D eigenvalue weighted by Gasteiger charge is -2.10. The Morgan fingerprint density at radius 2 is 1.72 bits per heavy atom. The summed E-state index contributed by atoms with van der Waals surface area (Å²) in [5.74, 6) is 0.526. The molecule has 0 aliphatic rings. The van der Waals surface area contributed by atoms with Crippen LogP contribution >= 0.6 is 15.9 Å². The highest BCUT2D eigenvalue weighted by Gasteiger charge is 2.01. The first-order chi connectivity index (χ1) is 8.65. The third-order valence-corrected chi connectivity index (χ3v) is 2.68. The van der Waals surface area contributed by atoms with Gasteiger partial charge in [0.05, 0.1) is 5.69 Å². The molecule has 0 aromatic heterocycles. The van der Waals surface area contributed by atoms with Crippen LogP contribution in [0.4, 0.5) is 5.69 Å². The molecule has 0 saturated heterocycles. The molecule has 0 saturated carbocycles. The van der Waals surface area contributed by atoms with Gasteiger partial charge in [-0.05, 0) is 36.4 Å². The number of aromatic hydroxyl groups is 2. The zero-order valence-electron chi connectivity index (χ0n) is 9.22. The van der Waals surface area contributed by atoms with Crippen LogP contribution in [-0.4, -0.2) is 10.2 Å². The van der Waals surface area contributed by atoms with E-state index in [9.17, 15) is 5.11 Å². The second-order valence-electron chi connectivity index (χ2n) is 3.48. The van der Waals surface area contributed by atoms with Gasteiger partial charge in [-0.15, -0.1) is 0 Å². The largest absolute Gasteiger partial charge is 0.508 e. The number of phenolic OH excluding ortho intramolecular Hbond substituents is 2. The maximum Gasteiger partial charge on any atom is 0.149 e. The van der Waals surface area contributed by atoms with Crippen LogP contribution in [0.15, 0.2) is 46.9 Å². The van der Waals surface area contributed by atoms with E-state index >= 15 is 0 Å². The molecule has 0 spiro atoms. The average Bonchev–Trinajstić information content (AvgIpc) is 2.34. The molecule has 18 heavy (non-hydrogen) atoms. The molecule has 5 nitrogen and oxygen atoms in total. The topological polar surface area (TPSA) is 73.8 Å². The van der Waals surface area contributed by atoms with E-state index in [0.717, 1.165) is 4.47 Å². The Hall–Kier alpha value is -1.92. The summed E-state index contributed by atoms with van der Waals surface area (Å²) >= 11 is 3.32. The Morgan fingerprint density at radius 1 is 1.00 bits per heavy atom. The van der Waals surface area contributed by atoms with Gasteiger partial charge in [0.1, 0.15) is 17.2 Å². The molecular formula is C12H11BrN2O3. The van der Waals surface area contributed by atoms with Gasteiger partial charge in [0.25, 0.3) is 0 Å². The fourth-order valence-corrected chi connectivity index (χ4v) is 1.53. The summed E-state index contributed by atoms with van der Waals surface area (Å²) in [6.45, 7) is 0. The van der Waals surface area contributed by atoms with Crippen LogP contribution < -0.4 is 15.9 Å². The molecule has 2 aromatic carbocycles. The predicted molar refractivity (Wildman–Crippen MR) is 71.3 cm³/mol. The van der Waals surface area contributed by atoms with Crippen LogP contribution in [0.2, 0.25) is 0 Å². The molecule has 0 atom stereocenters. The number of halogens is 1. The summed E-state index contributed by atoms with van der Waals surface area (Å²) in [5, 5.41) is 18.6. The zero-order valence-corrected chi connectivity index (χ0v) is 10.8. The summed E-state index contributed by atoms with van der Waals surface area (Å²) in [6, 6.07) is 11.4. The number of benzene rings is 2. The van der Waals surface area contributed by atoms with Gasteiger partial charge in [-0.1, -0.05) is 21.5 Å². The van der Waals surface area contributed by atoms with E-state index in [1.807, 2.05) is 12.1 Å². The smallest absolute Gasteiger partial charge is 0.149 e. The highest BCUT2D eigenvalue weighted by atomic mass is 79.9. The molecule has 94 valence electrons. The van der Waals surface area contributed by atoms with Crippen LogP contribution in [0.25, 0.3) is 0 Å².